The van der Waals surface area contributed by atoms with E-state index in [0.29, 0.717) is 4.47 Å². The number of pyridine rings is 1. The topological polar surface area (TPSA) is 66.9 Å². The summed E-state index contributed by atoms with van der Waals surface area (Å²) in [6, 6.07) is 9.43. The number of para-hydroxylation sites is 1. The number of rotatable bonds is 3. The summed E-state index contributed by atoms with van der Waals surface area (Å²) in [6.45, 7) is 2.08. The van der Waals surface area contributed by atoms with Crippen LogP contribution in [-0.2, 0) is 11.3 Å². The molecule has 0 aliphatic rings. The molecule has 0 aliphatic heterocycles. The molecule has 5 nitrogen and oxygen atoms in total. The van der Waals surface area contributed by atoms with Crippen molar-refractivity contribution in [2.45, 2.75) is 13.5 Å². The first kappa shape index (κ1) is 16.0. The van der Waals surface area contributed by atoms with Crippen LogP contribution in [0.15, 0.2) is 50.3 Å². The normalized spacial score (nSPS) is 10.9. The van der Waals surface area contributed by atoms with E-state index < -0.39 is 0 Å². The first-order valence-corrected chi connectivity index (χ1v) is 8.47. The Bertz CT molecular complexity index is 960. The lowest BCUT2D eigenvalue weighted by atomic mass is 10.2. The fourth-order valence-corrected chi connectivity index (χ4v) is 3.37. The standard InChI is InChI=1S/C16H13Br2N3O2/c1-9-15(18)11-4-2-3-5-13(11)21(9)8-14(22)20-12-6-10(17)7-19-16(12)23/h2-7H,8H2,1H3,(H,19,23)(H,20,22). The molecule has 2 aromatic heterocycles. The highest BCUT2D eigenvalue weighted by Gasteiger charge is 2.15. The number of halogens is 2. The molecule has 0 spiro atoms. The fraction of sp³-hybridized carbons (Fsp3) is 0.125. The Kier molecular flexibility index (Phi) is 4.41. The molecule has 1 amide bonds. The van der Waals surface area contributed by atoms with E-state index >= 15 is 0 Å². The van der Waals surface area contributed by atoms with Crippen LogP contribution >= 0.6 is 31.9 Å². The van der Waals surface area contributed by atoms with E-state index in [1.165, 1.54) is 6.20 Å². The van der Waals surface area contributed by atoms with Crippen LogP contribution in [0.25, 0.3) is 10.9 Å². The van der Waals surface area contributed by atoms with Crippen molar-refractivity contribution in [3.8, 4) is 0 Å². The lowest BCUT2D eigenvalue weighted by Gasteiger charge is -2.09. The van der Waals surface area contributed by atoms with Gasteiger partial charge in [0.05, 0.1) is 0 Å². The fourth-order valence-electron chi connectivity index (χ4n) is 2.48. The highest BCUT2D eigenvalue weighted by Crippen LogP contribution is 2.30. The third-order valence-electron chi connectivity index (χ3n) is 3.60. The van der Waals surface area contributed by atoms with Crippen molar-refractivity contribution in [1.82, 2.24) is 9.55 Å². The Balaban J connectivity index is 1.90. The van der Waals surface area contributed by atoms with Gasteiger partial charge in [0.1, 0.15) is 12.2 Å². The summed E-state index contributed by atoms with van der Waals surface area (Å²) in [7, 11) is 0. The summed E-state index contributed by atoms with van der Waals surface area (Å²) in [5.74, 6) is -0.259. The molecule has 2 N–H and O–H groups in total. The number of fused-ring (bicyclic) bond motifs is 1. The minimum Gasteiger partial charge on any atom is -0.334 e. The highest BCUT2D eigenvalue weighted by molar-refractivity contribution is 9.11. The summed E-state index contributed by atoms with van der Waals surface area (Å²) < 4.78 is 3.58. The maximum absolute atomic E-state index is 12.3. The number of benzene rings is 1. The molecule has 0 saturated carbocycles. The molecule has 0 fully saturated rings. The van der Waals surface area contributed by atoms with Crippen LogP contribution in [0.4, 0.5) is 5.69 Å². The van der Waals surface area contributed by atoms with Crippen LogP contribution in [0.5, 0.6) is 0 Å². The Morgan fingerprint density at radius 2 is 2.04 bits per heavy atom. The van der Waals surface area contributed by atoms with Crippen LogP contribution in [0, 0.1) is 6.92 Å². The van der Waals surface area contributed by atoms with Gasteiger partial charge in [-0.2, -0.15) is 0 Å². The summed E-state index contributed by atoms with van der Waals surface area (Å²) >= 11 is 6.83. The Morgan fingerprint density at radius 1 is 1.30 bits per heavy atom. The second-order valence-electron chi connectivity index (χ2n) is 5.11. The average molecular weight is 439 g/mol. The van der Waals surface area contributed by atoms with Gasteiger partial charge >= 0.3 is 0 Å². The summed E-state index contributed by atoms with van der Waals surface area (Å²) in [5, 5.41) is 3.71. The van der Waals surface area contributed by atoms with E-state index in [1.807, 2.05) is 35.8 Å². The third-order valence-corrected chi connectivity index (χ3v) is 5.06. The molecule has 1 aromatic carbocycles. The first-order chi connectivity index (χ1) is 11.0. The molecule has 23 heavy (non-hydrogen) atoms. The van der Waals surface area contributed by atoms with Crippen molar-refractivity contribution < 1.29 is 4.79 Å². The van der Waals surface area contributed by atoms with E-state index in [1.54, 1.807) is 6.07 Å². The second kappa shape index (κ2) is 6.33. The zero-order valence-electron chi connectivity index (χ0n) is 12.2. The Morgan fingerprint density at radius 3 is 2.83 bits per heavy atom. The molecule has 2 heterocycles. The number of aromatic nitrogens is 2. The molecular weight excluding hydrogens is 426 g/mol. The second-order valence-corrected chi connectivity index (χ2v) is 6.82. The maximum atomic E-state index is 12.3. The minimum absolute atomic E-state index is 0.129. The van der Waals surface area contributed by atoms with Gasteiger partial charge in [-0.3, -0.25) is 9.59 Å². The molecule has 0 atom stereocenters. The molecule has 118 valence electrons. The van der Waals surface area contributed by atoms with Gasteiger partial charge in [0.2, 0.25) is 5.91 Å². The zero-order valence-corrected chi connectivity index (χ0v) is 15.4. The van der Waals surface area contributed by atoms with E-state index in [-0.39, 0.29) is 23.7 Å². The molecule has 3 rings (SSSR count). The molecule has 0 unspecified atom stereocenters. The number of amides is 1. The van der Waals surface area contributed by atoms with Crippen molar-refractivity contribution in [2.24, 2.45) is 0 Å². The molecular formula is C16H13Br2N3O2. The molecule has 0 radical (unpaired) electrons. The average Bonchev–Trinajstić information content (AvgIpc) is 2.76. The maximum Gasteiger partial charge on any atom is 0.271 e. The molecule has 0 bridgehead atoms. The van der Waals surface area contributed by atoms with Crippen LogP contribution < -0.4 is 10.9 Å². The van der Waals surface area contributed by atoms with E-state index in [4.69, 9.17) is 0 Å². The van der Waals surface area contributed by atoms with Gasteiger partial charge < -0.3 is 14.9 Å². The van der Waals surface area contributed by atoms with Gasteiger partial charge in [0.15, 0.2) is 0 Å². The monoisotopic (exact) mass is 437 g/mol. The predicted octanol–water partition coefficient (Wildman–Crippen LogP) is 3.80. The summed E-state index contributed by atoms with van der Waals surface area (Å²) in [5.41, 5.74) is 1.81. The quantitative estimate of drug-likeness (QED) is 0.653. The minimum atomic E-state index is -0.336. The molecule has 7 heteroatoms. The lowest BCUT2D eigenvalue weighted by Crippen LogP contribution is -2.23. The van der Waals surface area contributed by atoms with Crippen molar-refractivity contribution in [3.05, 3.63) is 61.5 Å². The number of carbonyl (C=O) groups excluding carboxylic acids is 1. The van der Waals surface area contributed by atoms with Crippen molar-refractivity contribution in [1.29, 1.82) is 0 Å². The summed E-state index contributed by atoms with van der Waals surface area (Å²) in [6.07, 6.45) is 1.53. The van der Waals surface area contributed by atoms with Gasteiger partial charge in [-0.05, 0) is 50.9 Å². The number of carbonyl (C=O) groups is 1. The molecule has 3 aromatic rings. The van der Waals surface area contributed by atoms with Crippen LogP contribution in [0.1, 0.15) is 5.69 Å². The van der Waals surface area contributed by atoms with Gasteiger partial charge in [0.25, 0.3) is 5.56 Å². The predicted molar refractivity (Wildman–Crippen MR) is 97.8 cm³/mol. The van der Waals surface area contributed by atoms with E-state index in [0.717, 1.165) is 21.1 Å². The van der Waals surface area contributed by atoms with Crippen molar-refractivity contribution in [3.63, 3.8) is 0 Å². The molecule has 0 aliphatic carbocycles. The Labute approximate surface area is 149 Å². The first-order valence-electron chi connectivity index (χ1n) is 6.89. The van der Waals surface area contributed by atoms with Crippen LogP contribution in [0.2, 0.25) is 0 Å². The van der Waals surface area contributed by atoms with Gasteiger partial charge in [-0.1, -0.05) is 18.2 Å². The smallest absolute Gasteiger partial charge is 0.271 e. The zero-order chi connectivity index (χ0) is 16.6. The van der Waals surface area contributed by atoms with E-state index in [2.05, 4.69) is 42.2 Å². The third kappa shape index (κ3) is 3.11. The number of aromatic amines is 1. The number of nitrogens with one attached hydrogen (secondary N) is 2. The van der Waals surface area contributed by atoms with Gasteiger partial charge in [-0.15, -0.1) is 0 Å². The van der Waals surface area contributed by atoms with Crippen LogP contribution in [-0.4, -0.2) is 15.5 Å². The summed E-state index contributed by atoms with van der Waals surface area (Å²) in [4.78, 5) is 26.6. The lowest BCUT2D eigenvalue weighted by molar-refractivity contribution is -0.116. The van der Waals surface area contributed by atoms with Gasteiger partial charge in [0, 0.05) is 31.7 Å². The number of H-pyrrole nitrogens is 1. The molecule has 0 saturated heterocycles. The van der Waals surface area contributed by atoms with Crippen molar-refractivity contribution in [2.75, 3.05) is 5.32 Å². The number of hydrogen-bond acceptors (Lipinski definition) is 2. The number of anilines is 1. The van der Waals surface area contributed by atoms with E-state index in [9.17, 15) is 9.59 Å². The van der Waals surface area contributed by atoms with Crippen molar-refractivity contribution >= 4 is 54.4 Å². The van der Waals surface area contributed by atoms with Gasteiger partial charge in [-0.25, -0.2) is 0 Å². The number of hydrogen-bond donors (Lipinski definition) is 2. The Hall–Kier alpha value is -1.86. The highest BCUT2D eigenvalue weighted by atomic mass is 79.9. The number of nitrogens with zero attached hydrogens (tertiary/aromatic N) is 1. The SMILES string of the molecule is Cc1c(Br)c2ccccc2n1CC(=O)Nc1cc(Br)c[nH]c1=O. The largest absolute Gasteiger partial charge is 0.334 e. The van der Waals surface area contributed by atoms with Crippen LogP contribution in [0.3, 0.4) is 0 Å².